The van der Waals surface area contributed by atoms with E-state index in [1.807, 2.05) is 0 Å². The molecule has 0 fully saturated rings. The number of rotatable bonds is 6. The zero-order valence-electron chi connectivity index (χ0n) is 15.9. The summed E-state index contributed by atoms with van der Waals surface area (Å²) >= 11 is 6.06. The lowest BCUT2D eigenvalue weighted by Gasteiger charge is -2.08. The smallest absolute Gasteiger partial charge is 0.308 e. The van der Waals surface area contributed by atoms with Gasteiger partial charge in [0.2, 0.25) is 5.91 Å². The highest BCUT2D eigenvalue weighted by molar-refractivity contribution is 6.31. The fraction of sp³-hybridized carbons (Fsp3) is 0.278. The maximum Gasteiger partial charge on any atom is 0.312 e. The molecule has 0 aliphatic rings. The molecule has 0 radical (unpaired) electrons. The number of aromatic nitrogens is 4. The minimum atomic E-state index is -0.523. The van der Waals surface area contributed by atoms with E-state index in [9.17, 15) is 19.3 Å². The number of nitro groups is 1. The molecule has 0 aliphatic heterocycles. The summed E-state index contributed by atoms with van der Waals surface area (Å²) in [6.07, 6.45) is 0. The van der Waals surface area contributed by atoms with Crippen molar-refractivity contribution in [3.63, 3.8) is 0 Å². The largest absolute Gasteiger partial charge is 0.312 e. The van der Waals surface area contributed by atoms with Crippen molar-refractivity contribution in [2.75, 3.05) is 5.32 Å². The molecule has 3 aromatic rings. The van der Waals surface area contributed by atoms with E-state index in [-0.39, 0.29) is 35.3 Å². The first kappa shape index (κ1) is 20.5. The molecule has 29 heavy (non-hydrogen) atoms. The van der Waals surface area contributed by atoms with Crippen molar-refractivity contribution < 1.29 is 14.1 Å². The highest BCUT2D eigenvalue weighted by Crippen LogP contribution is 2.23. The second kappa shape index (κ2) is 8.00. The molecule has 1 N–H and O–H groups in total. The number of carbonyl (C=O) groups excluding carboxylic acids is 1. The summed E-state index contributed by atoms with van der Waals surface area (Å²) in [6.45, 7) is 4.71. The van der Waals surface area contributed by atoms with Crippen molar-refractivity contribution in [3.8, 4) is 0 Å². The van der Waals surface area contributed by atoms with Gasteiger partial charge in [0.15, 0.2) is 5.82 Å². The summed E-state index contributed by atoms with van der Waals surface area (Å²) in [5, 5.41) is 22.3. The molecule has 9 nitrogen and oxygen atoms in total. The Morgan fingerprint density at radius 2 is 2.00 bits per heavy atom. The molecule has 3 rings (SSSR count). The fourth-order valence-corrected chi connectivity index (χ4v) is 3.21. The van der Waals surface area contributed by atoms with Gasteiger partial charge in [-0.25, -0.2) is 4.39 Å². The number of aryl methyl sites for hydroxylation is 2. The number of hydrogen-bond donors (Lipinski definition) is 1. The molecule has 0 atom stereocenters. The van der Waals surface area contributed by atoms with Crippen LogP contribution in [-0.2, 0) is 17.9 Å². The average molecular weight is 421 g/mol. The SMILES string of the molecule is Cc1nn(CC(=O)Nc2cc(C)n(Cc3c(F)cccc3Cl)n2)c(C)c1[N+](=O)[O-]. The van der Waals surface area contributed by atoms with E-state index in [4.69, 9.17) is 11.6 Å². The van der Waals surface area contributed by atoms with Gasteiger partial charge >= 0.3 is 5.69 Å². The number of benzene rings is 1. The van der Waals surface area contributed by atoms with Crippen LogP contribution in [0.2, 0.25) is 5.02 Å². The Bertz CT molecular complexity index is 1090. The van der Waals surface area contributed by atoms with E-state index < -0.39 is 16.6 Å². The van der Waals surface area contributed by atoms with Gasteiger partial charge in [-0.3, -0.25) is 24.3 Å². The van der Waals surface area contributed by atoms with Crippen LogP contribution in [0.4, 0.5) is 15.9 Å². The zero-order chi connectivity index (χ0) is 21.3. The molecule has 1 amide bonds. The molecule has 2 aromatic heterocycles. The number of halogens is 2. The lowest BCUT2D eigenvalue weighted by molar-refractivity contribution is -0.386. The van der Waals surface area contributed by atoms with E-state index in [0.29, 0.717) is 17.0 Å². The average Bonchev–Trinajstić information content (AvgIpc) is 3.09. The zero-order valence-corrected chi connectivity index (χ0v) is 16.7. The molecule has 0 bridgehead atoms. The molecule has 152 valence electrons. The third kappa shape index (κ3) is 4.27. The minimum Gasteiger partial charge on any atom is -0.308 e. The second-order valence-corrected chi connectivity index (χ2v) is 6.92. The van der Waals surface area contributed by atoms with Crippen LogP contribution >= 0.6 is 11.6 Å². The van der Waals surface area contributed by atoms with E-state index in [2.05, 4.69) is 15.5 Å². The van der Waals surface area contributed by atoms with E-state index in [1.54, 1.807) is 19.1 Å². The van der Waals surface area contributed by atoms with Crippen LogP contribution in [0, 0.1) is 36.7 Å². The minimum absolute atomic E-state index is 0.108. The molecular formula is C18H18ClFN6O3. The van der Waals surface area contributed by atoms with Crippen molar-refractivity contribution in [3.05, 3.63) is 67.9 Å². The van der Waals surface area contributed by atoms with Crippen LogP contribution in [0.25, 0.3) is 0 Å². The second-order valence-electron chi connectivity index (χ2n) is 6.51. The van der Waals surface area contributed by atoms with E-state index in [0.717, 1.165) is 0 Å². The monoisotopic (exact) mass is 420 g/mol. The van der Waals surface area contributed by atoms with Gasteiger partial charge in [-0.05, 0) is 32.9 Å². The predicted octanol–water partition coefficient (Wildman–Crippen LogP) is 3.39. The lowest BCUT2D eigenvalue weighted by Crippen LogP contribution is -2.20. The quantitative estimate of drug-likeness (QED) is 0.485. The Morgan fingerprint density at radius 1 is 1.28 bits per heavy atom. The molecule has 0 spiro atoms. The molecule has 11 heteroatoms. The summed E-state index contributed by atoms with van der Waals surface area (Å²) in [5.41, 5.74) is 1.41. The molecule has 0 saturated heterocycles. The third-order valence-electron chi connectivity index (χ3n) is 4.44. The molecule has 2 heterocycles. The standard InChI is InChI=1S/C18H18ClFN6O3/c1-10-7-16(23-24(10)8-13-14(19)5-4-6-15(13)20)21-17(27)9-25-12(3)18(26(28)29)11(2)22-25/h4-7H,8-9H2,1-3H3,(H,21,23,27). The molecule has 0 aliphatic carbocycles. The van der Waals surface area contributed by atoms with Gasteiger partial charge in [0.05, 0.1) is 11.5 Å². The number of anilines is 1. The van der Waals surface area contributed by atoms with Crippen LogP contribution < -0.4 is 5.32 Å². The highest BCUT2D eigenvalue weighted by atomic mass is 35.5. The van der Waals surface area contributed by atoms with Crippen molar-refractivity contribution in [2.24, 2.45) is 0 Å². The summed E-state index contributed by atoms with van der Waals surface area (Å²) in [6, 6.07) is 6.06. The highest BCUT2D eigenvalue weighted by Gasteiger charge is 2.23. The number of carbonyl (C=O) groups is 1. The van der Waals surface area contributed by atoms with Gasteiger partial charge in [0.25, 0.3) is 0 Å². The Kier molecular flexibility index (Phi) is 5.64. The topological polar surface area (TPSA) is 108 Å². The van der Waals surface area contributed by atoms with Gasteiger partial charge in [0, 0.05) is 22.3 Å². The van der Waals surface area contributed by atoms with Crippen molar-refractivity contribution >= 4 is 29.0 Å². The first-order valence-electron chi connectivity index (χ1n) is 8.63. The summed E-state index contributed by atoms with van der Waals surface area (Å²) in [7, 11) is 0. The van der Waals surface area contributed by atoms with Gasteiger partial charge in [0.1, 0.15) is 23.7 Å². The number of amides is 1. The first-order valence-corrected chi connectivity index (χ1v) is 9.00. The van der Waals surface area contributed by atoms with Crippen molar-refractivity contribution in [2.45, 2.75) is 33.9 Å². The fourth-order valence-electron chi connectivity index (χ4n) is 2.99. The van der Waals surface area contributed by atoms with Gasteiger partial charge < -0.3 is 5.32 Å². The summed E-state index contributed by atoms with van der Waals surface area (Å²) in [5.74, 6) is -0.612. The van der Waals surface area contributed by atoms with E-state index in [1.165, 1.54) is 35.3 Å². The maximum atomic E-state index is 14.0. The van der Waals surface area contributed by atoms with Gasteiger partial charge in [-0.2, -0.15) is 10.2 Å². The van der Waals surface area contributed by atoms with Crippen molar-refractivity contribution in [1.82, 2.24) is 19.6 Å². The van der Waals surface area contributed by atoms with Crippen LogP contribution in [0.1, 0.15) is 22.6 Å². The first-order chi connectivity index (χ1) is 13.7. The lowest BCUT2D eigenvalue weighted by atomic mass is 10.2. The normalized spacial score (nSPS) is 10.9. The Morgan fingerprint density at radius 3 is 2.62 bits per heavy atom. The third-order valence-corrected chi connectivity index (χ3v) is 4.79. The Labute approximate surface area is 170 Å². The van der Waals surface area contributed by atoms with Crippen LogP contribution in [0.3, 0.4) is 0 Å². The summed E-state index contributed by atoms with van der Waals surface area (Å²) < 4.78 is 16.8. The molecule has 1 aromatic carbocycles. The summed E-state index contributed by atoms with van der Waals surface area (Å²) in [4.78, 5) is 22.9. The van der Waals surface area contributed by atoms with Crippen LogP contribution in [0.15, 0.2) is 24.3 Å². The number of hydrogen-bond acceptors (Lipinski definition) is 5. The maximum absolute atomic E-state index is 14.0. The number of nitrogens with zero attached hydrogens (tertiary/aromatic N) is 5. The molecular weight excluding hydrogens is 403 g/mol. The Hall–Kier alpha value is -3.27. The predicted molar refractivity (Wildman–Crippen MR) is 104 cm³/mol. The number of nitrogens with one attached hydrogen (secondary N) is 1. The Balaban J connectivity index is 1.73. The van der Waals surface area contributed by atoms with Crippen LogP contribution in [-0.4, -0.2) is 30.4 Å². The van der Waals surface area contributed by atoms with Gasteiger partial charge in [-0.15, -0.1) is 0 Å². The van der Waals surface area contributed by atoms with Crippen LogP contribution in [0.5, 0.6) is 0 Å². The molecule has 0 saturated carbocycles. The van der Waals surface area contributed by atoms with E-state index >= 15 is 0 Å². The van der Waals surface area contributed by atoms with Crippen molar-refractivity contribution in [1.29, 1.82) is 0 Å². The van der Waals surface area contributed by atoms with Gasteiger partial charge in [-0.1, -0.05) is 17.7 Å². The molecule has 0 unspecified atom stereocenters.